The molecule has 1 saturated carbocycles. The first-order chi connectivity index (χ1) is 7.75. The largest absolute Gasteiger partial charge is 0.379 e. The van der Waals surface area contributed by atoms with Crippen molar-refractivity contribution in [3.05, 3.63) is 0 Å². The quantitative estimate of drug-likeness (QED) is 0.766. The summed E-state index contributed by atoms with van der Waals surface area (Å²) in [4.78, 5) is 11.6. The van der Waals surface area contributed by atoms with Gasteiger partial charge in [-0.15, -0.1) is 0 Å². The molecule has 1 aliphatic heterocycles. The molecular formula is C12H22N2O2. The van der Waals surface area contributed by atoms with Crippen LogP contribution in [-0.2, 0) is 4.74 Å². The number of urea groups is 1. The highest BCUT2D eigenvalue weighted by Gasteiger charge is 2.24. The van der Waals surface area contributed by atoms with E-state index in [0.29, 0.717) is 12.5 Å². The highest BCUT2D eigenvalue weighted by molar-refractivity contribution is 5.74. The van der Waals surface area contributed by atoms with Crippen molar-refractivity contribution in [2.45, 2.75) is 38.6 Å². The number of ether oxygens (including phenoxy) is 1. The monoisotopic (exact) mass is 226 g/mol. The van der Waals surface area contributed by atoms with Crippen molar-refractivity contribution in [1.82, 2.24) is 10.6 Å². The Hall–Kier alpha value is -0.770. The number of carbonyl (C=O) groups is 1. The van der Waals surface area contributed by atoms with E-state index in [1.54, 1.807) is 0 Å². The fraction of sp³-hybridized carbons (Fsp3) is 0.917. The highest BCUT2D eigenvalue weighted by Crippen LogP contribution is 2.30. The summed E-state index contributed by atoms with van der Waals surface area (Å²) in [6.45, 7) is 4.53. The van der Waals surface area contributed by atoms with Crippen LogP contribution in [0.25, 0.3) is 0 Å². The Balaban J connectivity index is 1.63. The lowest BCUT2D eigenvalue weighted by atomic mass is 9.98. The van der Waals surface area contributed by atoms with E-state index in [1.165, 1.54) is 19.3 Å². The smallest absolute Gasteiger partial charge is 0.315 e. The van der Waals surface area contributed by atoms with Crippen LogP contribution in [0.2, 0.25) is 0 Å². The van der Waals surface area contributed by atoms with Crippen LogP contribution < -0.4 is 10.6 Å². The molecule has 2 aliphatic rings. The standard InChI is InChI=1S/C12H22N2O2/c1-9-3-2-4-10(9)7-13-12(15)14-11-5-6-16-8-11/h9-11H,2-8H2,1H3,(H2,13,14,15). The third kappa shape index (κ3) is 3.11. The van der Waals surface area contributed by atoms with Crippen LogP contribution in [0.1, 0.15) is 32.6 Å². The summed E-state index contributed by atoms with van der Waals surface area (Å²) in [5, 5.41) is 5.92. The van der Waals surface area contributed by atoms with Gasteiger partial charge in [0.15, 0.2) is 0 Å². The molecule has 16 heavy (non-hydrogen) atoms. The third-order valence-electron chi connectivity index (χ3n) is 3.83. The van der Waals surface area contributed by atoms with E-state index in [1.807, 2.05) is 0 Å². The fourth-order valence-corrected chi connectivity index (χ4v) is 2.63. The van der Waals surface area contributed by atoms with E-state index in [4.69, 9.17) is 4.74 Å². The zero-order valence-electron chi connectivity index (χ0n) is 10.00. The van der Waals surface area contributed by atoms with E-state index in [0.717, 1.165) is 25.5 Å². The van der Waals surface area contributed by atoms with Crippen LogP contribution in [0.4, 0.5) is 4.79 Å². The van der Waals surface area contributed by atoms with Gasteiger partial charge in [-0.2, -0.15) is 0 Å². The SMILES string of the molecule is CC1CCCC1CNC(=O)NC1CCOC1. The molecule has 0 radical (unpaired) electrons. The minimum Gasteiger partial charge on any atom is -0.379 e. The molecule has 1 aliphatic carbocycles. The maximum Gasteiger partial charge on any atom is 0.315 e. The third-order valence-corrected chi connectivity index (χ3v) is 3.83. The fourth-order valence-electron chi connectivity index (χ4n) is 2.63. The van der Waals surface area contributed by atoms with Gasteiger partial charge < -0.3 is 15.4 Å². The average Bonchev–Trinajstić information content (AvgIpc) is 2.87. The van der Waals surface area contributed by atoms with Gasteiger partial charge in [-0.25, -0.2) is 4.79 Å². The Bertz CT molecular complexity index is 239. The highest BCUT2D eigenvalue weighted by atomic mass is 16.5. The van der Waals surface area contributed by atoms with Crippen LogP contribution in [0.3, 0.4) is 0 Å². The van der Waals surface area contributed by atoms with Crippen molar-refractivity contribution >= 4 is 6.03 Å². The molecule has 0 spiro atoms. The van der Waals surface area contributed by atoms with Gasteiger partial charge in [0.05, 0.1) is 12.6 Å². The van der Waals surface area contributed by atoms with E-state index >= 15 is 0 Å². The molecule has 0 aromatic heterocycles. The molecule has 0 aromatic carbocycles. The zero-order valence-corrected chi connectivity index (χ0v) is 10.00. The second-order valence-corrected chi connectivity index (χ2v) is 5.08. The maximum absolute atomic E-state index is 11.6. The Morgan fingerprint density at radius 3 is 2.88 bits per heavy atom. The lowest BCUT2D eigenvalue weighted by Crippen LogP contribution is -2.44. The van der Waals surface area contributed by atoms with E-state index in [2.05, 4.69) is 17.6 Å². The molecule has 3 atom stereocenters. The van der Waals surface area contributed by atoms with Gasteiger partial charge in [0, 0.05) is 13.2 Å². The van der Waals surface area contributed by atoms with Crippen LogP contribution >= 0.6 is 0 Å². The van der Waals surface area contributed by atoms with E-state index < -0.39 is 0 Å². The predicted octanol–water partition coefficient (Wildman–Crippen LogP) is 1.51. The summed E-state index contributed by atoms with van der Waals surface area (Å²) in [7, 11) is 0. The zero-order chi connectivity index (χ0) is 11.4. The summed E-state index contributed by atoms with van der Waals surface area (Å²) in [6.07, 6.45) is 4.82. The van der Waals surface area contributed by atoms with E-state index in [-0.39, 0.29) is 12.1 Å². The average molecular weight is 226 g/mol. The molecular weight excluding hydrogens is 204 g/mol. The van der Waals surface area contributed by atoms with Gasteiger partial charge in [-0.05, 0) is 24.7 Å². The Morgan fingerprint density at radius 1 is 1.38 bits per heavy atom. The lowest BCUT2D eigenvalue weighted by molar-refractivity contribution is 0.188. The number of carbonyl (C=O) groups excluding carboxylic acids is 1. The number of hydrogen-bond acceptors (Lipinski definition) is 2. The Labute approximate surface area is 97.1 Å². The normalized spacial score (nSPS) is 33.9. The van der Waals surface area contributed by atoms with Crippen molar-refractivity contribution in [3.63, 3.8) is 0 Å². The summed E-state index contributed by atoms with van der Waals surface area (Å²) in [5.74, 6) is 1.43. The van der Waals surface area contributed by atoms with Crippen LogP contribution in [0, 0.1) is 11.8 Å². The van der Waals surface area contributed by atoms with Crippen molar-refractivity contribution < 1.29 is 9.53 Å². The molecule has 1 heterocycles. The Kier molecular flexibility index (Phi) is 4.04. The molecule has 2 amide bonds. The minimum absolute atomic E-state index is 0.0328. The van der Waals surface area contributed by atoms with Crippen molar-refractivity contribution in [2.24, 2.45) is 11.8 Å². The van der Waals surface area contributed by atoms with Gasteiger partial charge in [0.2, 0.25) is 0 Å². The molecule has 2 fully saturated rings. The predicted molar refractivity (Wildman–Crippen MR) is 62.3 cm³/mol. The molecule has 1 saturated heterocycles. The topological polar surface area (TPSA) is 50.4 Å². The Morgan fingerprint density at radius 2 is 2.25 bits per heavy atom. The van der Waals surface area contributed by atoms with Gasteiger partial charge >= 0.3 is 6.03 Å². The molecule has 92 valence electrons. The molecule has 2 N–H and O–H groups in total. The summed E-state index contributed by atoms with van der Waals surface area (Å²) in [5.41, 5.74) is 0. The second kappa shape index (κ2) is 5.53. The number of hydrogen-bond donors (Lipinski definition) is 2. The molecule has 4 heteroatoms. The molecule has 0 aromatic rings. The minimum atomic E-state index is -0.0328. The van der Waals surface area contributed by atoms with Crippen molar-refractivity contribution in [1.29, 1.82) is 0 Å². The summed E-state index contributed by atoms with van der Waals surface area (Å²) >= 11 is 0. The van der Waals surface area contributed by atoms with Crippen LogP contribution in [0.5, 0.6) is 0 Å². The first-order valence-corrected chi connectivity index (χ1v) is 6.38. The number of nitrogens with one attached hydrogen (secondary N) is 2. The first-order valence-electron chi connectivity index (χ1n) is 6.38. The van der Waals surface area contributed by atoms with Crippen LogP contribution in [-0.4, -0.2) is 31.8 Å². The second-order valence-electron chi connectivity index (χ2n) is 5.08. The molecule has 3 unspecified atom stereocenters. The van der Waals surface area contributed by atoms with Gasteiger partial charge in [0.1, 0.15) is 0 Å². The molecule has 0 bridgehead atoms. The van der Waals surface area contributed by atoms with Gasteiger partial charge in [0.25, 0.3) is 0 Å². The van der Waals surface area contributed by atoms with Crippen molar-refractivity contribution in [2.75, 3.05) is 19.8 Å². The molecule has 2 rings (SSSR count). The lowest BCUT2D eigenvalue weighted by Gasteiger charge is -2.17. The van der Waals surface area contributed by atoms with Gasteiger partial charge in [-0.1, -0.05) is 19.8 Å². The first kappa shape index (κ1) is 11.7. The van der Waals surface area contributed by atoms with Crippen molar-refractivity contribution in [3.8, 4) is 0 Å². The number of rotatable bonds is 3. The maximum atomic E-state index is 11.6. The summed E-state index contributed by atoms with van der Waals surface area (Å²) in [6, 6.07) is 0.176. The molecule has 4 nitrogen and oxygen atoms in total. The number of amides is 2. The van der Waals surface area contributed by atoms with Gasteiger partial charge in [-0.3, -0.25) is 0 Å². The van der Waals surface area contributed by atoms with Crippen LogP contribution in [0.15, 0.2) is 0 Å². The summed E-state index contributed by atoms with van der Waals surface area (Å²) < 4.78 is 5.21. The van der Waals surface area contributed by atoms with E-state index in [9.17, 15) is 4.79 Å².